The molecule has 2 saturated heterocycles. The molecule has 2 fully saturated rings. The van der Waals surface area contributed by atoms with E-state index >= 15 is 0 Å². The molecule has 9 heteroatoms. The summed E-state index contributed by atoms with van der Waals surface area (Å²) >= 11 is 0. The predicted molar refractivity (Wildman–Crippen MR) is 89.5 cm³/mol. The smallest absolute Gasteiger partial charge is 0.290 e. The molecular formula is C15H28N2O6S. The van der Waals surface area contributed by atoms with E-state index in [1.54, 1.807) is 0 Å². The molecule has 0 saturated carbocycles. The normalized spacial score (nSPS) is 27.1. The molecule has 24 heavy (non-hydrogen) atoms. The second-order valence-electron chi connectivity index (χ2n) is 6.42. The maximum atomic E-state index is 12.0. The number of carbonyl (C=O) groups excluding carboxylic acids is 1. The van der Waals surface area contributed by atoms with Crippen LogP contribution in [-0.2, 0) is 24.2 Å². The van der Waals surface area contributed by atoms with Gasteiger partial charge in [0.15, 0.2) is 9.84 Å². The summed E-state index contributed by atoms with van der Waals surface area (Å²) in [4.78, 5) is 22.7. The number of nitrogens with one attached hydrogen (secondary N) is 1. The maximum absolute atomic E-state index is 12.0. The fourth-order valence-corrected chi connectivity index (χ4v) is 5.00. The number of carboxylic acid groups (broad SMARTS) is 1. The van der Waals surface area contributed by atoms with Gasteiger partial charge >= 0.3 is 0 Å². The Bertz CT molecular complexity index is 502. The molecular weight excluding hydrogens is 336 g/mol. The summed E-state index contributed by atoms with van der Waals surface area (Å²) in [5, 5.41) is 9.72. The minimum Gasteiger partial charge on any atom is -0.483 e. The highest BCUT2D eigenvalue weighted by molar-refractivity contribution is 7.91. The number of methoxy groups -OCH3 is 1. The molecule has 0 radical (unpaired) electrons. The Hall–Kier alpha value is -1.19. The number of hydrogen-bond acceptors (Lipinski definition) is 6. The lowest BCUT2D eigenvalue weighted by molar-refractivity contribution is -0.123. The third kappa shape index (κ3) is 7.14. The van der Waals surface area contributed by atoms with E-state index in [2.05, 4.69) is 17.3 Å². The second kappa shape index (κ2) is 9.95. The monoisotopic (exact) mass is 364 g/mol. The van der Waals surface area contributed by atoms with E-state index in [0.29, 0.717) is 12.3 Å². The number of rotatable bonds is 5. The summed E-state index contributed by atoms with van der Waals surface area (Å²) < 4.78 is 28.4. The molecule has 2 rings (SSSR count). The van der Waals surface area contributed by atoms with Crippen molar-refractivity contribution in [2.45, 2.75) is 37.8 Å². The van der Waals surface area contributed by atoms with Crippen LogP contribution in [0.1, 0.15) is 25.7 Å². The van der Waals surface area contributed by atoms with E-state index in [1.165, 1.54) is 7.11 Å². The number of amides is 1. The molecule has 140 valence electrons. The van der Waals surface area contributed by atoms with Crippen molar-refractivity contribution < 1.29 is 27.9 Å². The largest absolute Gasteiger partial charge is 0.483 e. The zero-order valence-corrected chi connectivity index (χ0v) is 15.1. The molecule has 2 heterocycles. The van der Waals surface area contributed by atoms with Crippen LogP contribution < -0.4 is 5.32 Å². The van der Waals surface area contributed by atoms with Crippen LogP contribution in [0.15, 0.2) is 0 Å². The van der Waals surface area contributed by atoms with Gasteiger partial charge in [0, 0.05) is 13.5 Å². The van der Waals surface area contributed by atoms with Gasteiger partial charge < -0.3 is 20.1 Å². The third-order valence-electron chi connectivity index (χ3n) is 4.57. The van der Waals surface area contributed by atoms with Crippen LogP contribution in [0.3, 0.4) is 0 Å². The molecule has 0 aromatic rings. The van der Waals surface area contributed by atoms with Gasteiger partial charge in [-0.1, -0.05) is 0 Å². The van der Waals surface area contributed by atoms with Crippen molar-refractivity contribution in [2.24, 2.45) is 5.92 Å². The number of nitrogens with zero attached hydrogens (tertiary/aromatic N) is 1. The first-order chi connectivity index (χ1) is 11.3. The molecule has 2 aliphatic rings. The minimum atomic E-state index is -3.09. The zero-order chi connectivity index (χ0) is 18.2. The maximum Gasteiger partial charge on any atom is 0.290 e. The fraction of sp³-hybridized carbons (Fsp3) is 0.867. The van der Waals surface area contributed by atoms with Crippen LogP contribution in [0.25, 0.3) is 0 Å². The highest BCUT2D eigenvalue weighted by atomic mass is 32.2. The minimum absolute atomic E-state index is 0.00338. The van der Waals surface area contributed by atoms with Gasteiger partial charge in [-0.15, -0.1) is 0 Å². The quantitative estimate of drug-likeness (QED) is 0.646. The molecule has 0 aliphatic carbocycles. The number of carbonyl (C=O) groups is 2. The van der Waals surface area contributed by atoms with E-state index < -0.39 is 22.0 Å². The van der Waals surface area contributed by atoms with E-state index in [1.807, 2.05) is 0 Å². The molecule has 0 bridgehead atoms. The van der Waals surface area contributed by atoms with Crippen molar-refractivity contribution in [1.82, 2.24) is 10.2 Å². The van der Waals surface area contributed by atoms with E-state index in [4.69, 9.17) is 14.6 Å². The van der Waals surface area contributed by atoms with E-state index in [0.717, 1.165) is 32.4 Å². The van der Waals surface area contributed by atoms with Crippen molar-refractivity contribution in [3.05, 3.63) is 0 Å². The van der Waals surface area contributed by atoms with Gasteiger partial charge in [-0.3, -0.25) is 9.59 Å². The van der Waals surface area contributed by atoms with Crippen LogP contribution in [0, 0.1) is 5.92 Å². The lowest BCUT2D eigenvalue weighted by atomic mass is 9.92. The van der Waals surface area contributed by atoms with Gasteiger partial charge in [-0.2, -0.15) is 0 Å². The summed E-state index contributed by atoms with van der Waals surface area (Å²) in [5.41, 5.74) is 0. The van der Waals surface area contributed by atoms with Gasteiger partial charge in [-0.05, 0) is 45.3 Å². The molecule has 0 aromatic heterocycles. The average molecular weight is 364 g/mol. The van der Waals surface area contributed by atoms with Crippen molar-refractivity contribution in [2.75, 3.05) is 38.8 Å². The molecule has 0 aromatic carbocycles. The number of likely N-dealkylation sites (tertiary alicyclic amines) is 1. The van der Waals surface area contributed by atoms with Gasteiger partial charge in [0.05, 0.1) is 23.7 Å². The Labute approximate surface area is 143 Å². The zero-order valence-electron chi connectivity index (χ0n) is 14.3. The summed E-state index contributed by atoms with van der Waals surface area (Å²) in [6.45, 7) is 1.94. The SMILES string of the molecule is CO[C@@H]1CS(=O)(=O)C[C@H]1NC(=O)CCC1CCN(C)CC1.O=CO. The predicted octanol–water partition coefficient (Wildman–Crippen LogP) is -0.263. The molecule has 2 aliphatic heterocycles. The number of piperidine rings is 1. The van der Waals surface area contributed by atoms with Crippen LogP contribution in [0.2, 0.25) is 0 Å². The lowest BCUT2D eigenvalue weighted by Crippen LogP contribution is -2.43. The van der Waals surface area contributed by atoms with Gasteiger partial charge in [0.1, 0.15) is 0 Å². The molecule has 8 nitrogen and oxygen atoms in total. The van der Waals surface area contributed by atoms with Crippen LogP contribution in [0.5, 0.6) is 0 Å². The first kappa shape index (κ1) is 20.9. The summed E-state index contributed by atoms with van der Waals surface area (Å²) in [7, 11) is 0.520. The molecule has 0 spiro atoms. The number of sulfone groups is 1. The van der Waals surface area contributed by atoms with Gasteiger partial charge in [-0.25, -0.2) is 8.42 Å². The van der Waals surface area contributed by atoms with E-state index in [9.17, 15) is 13.2 Å². The Morgan fingerprint density at radius 3 is 2.46 bits per heavy atom. The van der Waals surface area contributed by atoms with Gasteiger partial charge in [0.25, 0.3) is 6.47 Å². The van der Waals surface area contributed by atoms with Crippen molar-refractivity contribution in [1.29, 1.82) is 0 Å². The van der Waals surface area contributed by atoms with Crippen molar-refractivity contribution in [3.63, 3.8) is 0 Å². The standard InChI is InChI=1S/C14H26N2O4S.CH2O2/c1-16-7-5-11(6-8-16)3-4-14(17)15-12-9-21(18,19)10-13(12)20-2;2-1-3/h11-13H,3-10H2,1-2H3,(H,15,17);1H,(H,2,3)/t12-,13-;/m1./s1. The van der Waals surface area contributed by atoms with E-state index in [-0.39, 0.29) is 23.9 Å². The Balaban J connectivity index is 0.000000891. The van der Waals surface area contributed by atoms with Crippen LogP contribution in [-0.4, -0.2) is 81.7 Å². The van der Waals surface area contributed by atoms with Crippen molar-refractivity contribution in [3.8, 4) is 0 Å². The Morgan fingerprint density at radius 1 is 1.33 bits per heavy atom. The topological polar surface area (TPSA) is 113 Å². The van der Waals surface area contributed by atoms with Crippen molar-refractivity contribution >= 4 is 22.2 Å². The number of ether oxygens (including phenoxy) is 1. The molecule has 0 unspecified atom stereocenters. The van der Waals surface area contributed by atoms with Crippen LogP contribution in [0.4, 0.5) is 0 Å². The third-order valence-corrected chi connectivity index (χ3v) is 6.27. The summed E-state index contributed by atoms with van der Waals surface area (Å²) in [5.74, 6) is 0.546. The first-order valence-electron chi connectivity index (χ1n) is 8.10. The first-order valence-corrected chi connectivity index (χ1v) is 9.92. The Kier molecular flexibility index (Phi) is 8.65. The highest BCUT2D eigenvalue weighted by Crippen LogP contribution is 2.21. The number of hydrogen-bond donors (Lipinski definition) is 2. The average Bonchev–Trinajstić information content (AvgIpc) is 2.81. The molecule has 2 atom stereocenters. The Morgan fingerprint density at radius 2 is 1.92 bits per heavy atom. The fourth-order valence-electron chi connectivity index (χ4n) is 3.15. The highest BCUT2D eigenvalue weighted by Gasteiger charge is 2.38. The summed E-state index contributed by atoms with van der Waals surface area (Å²) in [6, 6.07) is -0.398. The van der Waals surface area contributed by atoms with Gasteiger partial charge in [0.2, 0.25) is 5.91 Å². The summed E-state index contributed by atoms with van der Waals surface area (Å²) in [6.07, 6.45) is 3.23. The second-order valence-corrected chi connectivity index (χ2v) is 8.57. The van der Waals surface area contributed by atoms with Crippen LogP contribution >= 0.6 is 0 Å². The lowest BCUT2D eigenvalue weighted by Gasteiger charge is -2.28. The molecule has 1 amide bonds. The molecule has 2 N–H and O–H groups in total.